The topological polar surface area (TPSA) is 81.2 Å². The van der Waals surface area contributed by atoms with Gasteiger partial charge in [0, 0.05) is 41.9 Å². The van der Waals surface area contributed by atoms with Crippen molar-refractivity contribution in [1.29, 1.82) is 0 Å². The number of carbonyl (C=O) groups excluding carboxylic acids is 1. The van der Waals surface area contributed by atoms with E-state index in [-0.39, 0.29) is 5.91 Å². The fourth-order valence-electron chi connectivity index (χ4n) is 4.38. The van der Waals surface area contributed by atoms with Crippen molar-refractivity contribution in [2.75, 3.05) is 17.7 Å². The number of amides is 1. The van der Waals surface area contributed by atoms with Gasteiger partial charge >= 0.3 is 5.16 Å². The molecule has 0 radical (unpaired) electrons. The van der Waals surface area contributed by atoms with Crippen molar-refractivity contribution in [3.05, 3.63) is 11.8 Å². The smallest absolute Gasteiger partial charge is 0.344 e. The fourth-order valence-corrected chi connectivity index (χ4v) is 4.79. The van der Waals surface area contributed by atoms with Crippen LogP contribution in [0.1, 0.15) is 44.1 Å². The van der Waals surface area contributed by atoms with Crippen molar-refractivity contribution in [3.8, 4) is 0 Å². The Bertz CT molecular complexity index is 633. The molecule has 1 aromatic rings. The van der Waals surface area contributed by atoms with Crippen LogP contribution in [-0.4, -0.2) is 44.8 Å². The second kappa shape index (κ2) is 5.63. The molecule has 2 aliphatic heterocycles. The number of anilines is 1. The molecule has 1 N–H and O–H groups in total. The van der Waals surface area contributed by atoms with Crippen molar-refractivity contribution in [3.63, 3.8) is 0 Å². The van der Waals surface area contributed by atoms with Gasteiger partial charge in [-0.05, 0) is 19.3 Å². The van der Waals surface area contributed by atoms with Crippen LogP contribution in [0.5, 0.6) is 0 Å². The van der Waals surface area contributed by atoms with E-state index < -0.39 is 16.7 Å². The number of fused-ring (bicyclic) bond motifs is 1. The summed E-state index contributed by atoms with van der Waals surface area (Å²) in [6, 6.07) is 0.349. The SMILES string of the molecule is C[S+]([O-])c1ncc2c(n1)N(C1CCCCC1)C1(CCNC1=O)C2. The summed E-state index contributed by atoms with van der Waals surface area (Å²) in [4.78, 5) is 23.8. The Morgan fingerprint density at radius 1 is 1.39 bits per heavy atom. The van der Waals surface area contributed by atoms with Crippen molar-refractivity contribution in [2.24, 2.45) is 0 Å². The molecule has 2 unspecified atom stereocenters. The van der Waals surface area contributed by atoms with Gasteiger partial charge < -0.3 is 14.8 Å². The Labute approximate surface area is 139 Å². The normalized spacial score (nSPS) is 29.0. The van der Waals surface area contributed by atoms with E-state index in [9.17, 15) is 9.35 Å². The van der Waals surface area contributed by atoms with E-state index in [1.165, 1.54) is 19.3 Å². The van der Waals surface area contributed by atoms with E-state index in [2.05, 4.69) is 20.2 Å². The average Bonchev–Trinajstić information content (AvgIpc) is 3.08. The van der Waals surface area contributed by atoms with Crippen LogP contribution in [0, 0.1) is 0 Å². The zero-order chi connectivity index (χ0) is 16.0. The second-order valence-corrected chi connectivity index (χ2v) is 8.11. The molecule has 1 amide bonds. The third-order valence-electron chi connectivity index (χ3n) is 5.44. The lowest BCUT2D eigenvalue weighted by Gasteiger charge is -2.41. The molecule has 0 aromatic carbocycles. The molecule has 2 fully saturated rings. The van der Waals surface area contributed by atoms with Crippen LogP contribution < -0.4 is 10.2 Å². The predicted octanol–water partition coefficient (Wildman–Crippen LogP) is 1.17. The molecule has 0 bridgehead atoms. The first kappa shape index (κ1) is 15.2. The molecule has 4 rings (SSSR count). The van der Waals surface area contributed by atoms with E-state index >= 15 is 0 Å². The van der Waals surface area contributed by atoms with Gasteiger partial charge in [-0.15, -0.1) is 0 Å². The zero-order valence-corrected chi connectivity index (χ0v) is 14.2. The Morgan fingerprint density at radius 2 is 2.17 bits per heavy atom. The number of rotatable bonds is 2. The first-order valence-corrected chi connectivity index (χ1v) is 9.95. The number of aromatic nitrogens is 2. The van der Waals surface area contributed by atoms with Crippen molar-refractivity contribution >= 4 is 22.9 Å². The van der Waals surface area contributed by atoms with Crippen LogP contribution in [0.2, 0.25) is 0 Å². The summed E-state index contributed by atoms with van der Waals surface area (Å²) >= 11 is -1.21. The fraction of sp³-hybridized carbons (Fsp3) is 0.688. The lowest BCUT2D eigenvalue weighted by Crippen LogP contribution is -2.57. The lowest BCUT2D eigenvalue weighted by molar-refractivity contribution is -0.123. The van der Waals surface area contributed by atoms with Crippen molar-refractivity contribution in [2.45, 2.75) is 61.7 Å². The molecule has 1 aromatic heterocycles. The van der Waals surface area contributed by atoms with Gasteiger partial charge in [0.05, 0.1) is 0 Å². The summed E-state index contributed by atoms with van der Waals surface area (Å²) in [5.74, 6) is 0.953. The molecule has 7 heteroatoms. The summed E-state index contributed by atoms with van der Waals surface area (Å²) in [7, 11) is 0. The van der Waals surface area contributed by atoms with Gasteiger partial charge in [0.1, 0.15) is 17.6 Å². The molecular weight excluding hydrogens is 312 g/mol. The standard InChI is InChI=1S/C16H22N4O2S/c1-23(22)15-18-10-11-9-16(7-8-17-14(16)21)20(13(11)19-15)12-5-3-2-4-6-12/h10,12H,2-9H2,1H3,(H,17,21). The Kier molecular flexibility index (Phi) is 3.72. The highest BCUT2D eigenvalue weighted by Gasteiger charge is 2.55. The lowest BCUT2D eigenvalue weighted by atomic mass is 9.87. The van der Waals surface area contributed by atoms with Gasteiger partial charge in [-0.2, -0.15) is 9.97 Å². The molecule has 3 aliphatic rings. The third kappa shape index (κ3) is 2.32. The highest BCUT2D eigenvalue weighted by molar-refractivity contribution is 7.90. The Balaban J connectivity index is 1.80. The van der Waals surface area contributed by atoms with Crippen LogP contribution in [0.3, 0.4) is 0 Å². The van der Waals surface area contributed by atoms with Gasteiger partial charge in [-0.25, -0.2) is 0 Å². The molecule has 2 atom stereocenters. The molecular formula is C16H22N4O2S. The number of hydrogen-bond donors (Lipinski definition) is 1. The molecule has 1 aliphatic carbocycles. The quantitative estimate of drug-likeness (QED) is 0.648. The highest BCUT2D eigenvalue weighted by Crippen LogP contribution is 2.45. The van der Waals surface area contributed by atoms with E-state index in [1.54, 1.807) is 12.5 Å². The maximum absolute atomic E-state index is 12.7. The molecule has 1 saturated heterocycles. The minimum Gasteiger partial charge on any atom is -0.609 e. The van der Waals surface area contributed by atoms with Crippen LogP contribution >= 0.6 is 0 Å². The zero-order valence-electron chi connectivity index (χ0n) is 13.4. The van der Waals surface area contributed by atoms with Crippen molar-refractivity contribution < 1.29 is 9.35 Å². The highest BCUT2D eigenvalue weighted by atomic mass is 32.2. The first-order chi connectivity index (χ1) is 11.1. The van der Waals surface area contributed by atoms with Crippen LogP contribution in [0.4, 0.5) is 5.82 Å². The van der Waals surface area contributed by atoms with Crippen LogP contribution in [-0.2, 0) is 22.4 Å². The monoisotopic (exact) mass is 334 g/mol. The van der Waals surface area contributed by atoms with Gasteiger partial charge in [0.15, 0.2) is 0 Å². The van der Waals surface area contributed by atoms with E-state index in [0.29, 0.717) is 17.6 Å². The van der Waals surface area contributed by atoms with Gasteiger partial charge in [-0.1, -0.05) is 19.3 Å². The molecule has 3 heterocycles. The largest absolute Gasteiger partial charge is 0.609 e. The summed E-state index contributed by atoms with van der Waals surface area (Å²) in [6.07, 6.45) is 10.7. The van der Waals surface area contributed by atoms with Gasteiger partial charge in [-0.3, -0.25) is 4.79 Å². The first-order valence-electron chi connectivity index (χ1n) is 8.39. The van der Waals surface area contributed by atoms with E-state index in [4.69, 9.17) is 0 Å². The second-order valence-electron chi connectivity index (χ2n) is 6.83. The number of carbonyl (C=O) groups is 1. The van der Waals surface area contributed by atoms with E-state index in [0.717, 1.165) is 37.2 Å². The predicted molar refractivity (Wildman–Crippen MR) is 87.8 cm³/mol. The van der Waals surface area contributed by atoms with Crippen LogP contribution in [0.15, 0.2) is 11.4 Å². The average molecular weight is 334 g/mol. The Hall–Kier alpha value is -1.34. The van der Waals surface area contributed by atoms with Crippen LogP contribution in [0.25, 0.3) is 0 Å². The Morgan fingerprint density at radius 3 is 2.83 bits per heavy atom. The minimum atomic E-state index is -1.21. The summed E-state index contributed by atoms with van der Waals surface area (Å²) in [5.41, 5.74) is 0.509. The molecule has 6 nitrogen and oxygen atoms in total. The molecule has 124 valence electrons. The summed E-state index contributed by atoms with van der Waals surface area (Å²) < 4.78 is 11.8. The number of nitrogens with one attached hydrogen (secondary N) is 1. The van der Waals surface area contributed by atoms with E-state index in [1.807, 2.05) is 0 Å². The maximum atomic E-state index is 12.7. The third-order valence-corrected chi connectivity index (χ3v) is 6.15. The molecule has 23 heavy (non-hydrogen) atoms. The van der Waals surface area contributed by atoms with Gasteiger partial charge in [0.25, 0.3) is 0 Å². The number of nitrogens with zero attached hydrogens (tertiary/aromatic N) is 3. The number of hydrogen-bond acceptors (Lipinski definition) is 5. The van der Waals surface area contributed by atoms with Crippen molar-refractivity contribution in [1.82, 2.24) is 15.3 Å². The molecule has 1 spiro atoms. The maximum Gasteiger partial charge on any atom is 0.344 e. The summed E-state index contributed by atoms with van der Waals surface area (Å²) in [5, 5.41) is 3.37. The molecule has 1 saturated carbocycles. The summed E-state index contributed by atoms with van der Waals surface area (Å²) in [6.45, 7) is 0.718. The minimum absolute atomic E-state index is 0.111. The van der Waals surface area contributed by atoms with Gasteiger partial charge in [0.2, 0.25) is 5.91 Å².